The van der Waals surface area contributed by atoms with Crippen LogP contribution in [0.4, 0.5) is 4.79 Å². The maximum atomic E-state index is 13.7. The van der Waals surface area contributed by atoms with Crippen molar-refractivity contribution >= 4 is 17.9 Å². The van der Waals surface area contributed by atoms with E-state index in [1.54, 1.807) is 11.8 Å². The molecule has 1 spiro atoms. The maximum Gasteiger partial charge on any atom is 0.409 e. The molecule has 0 unspecified atom stereocenters. The predicted molar refractivity (Wildman–Crippen MR) is 162 cm³/mol. The predicted octanol–water partition coefficient (Wildman–Crippen LogP) is 3.29. The maximum absolute atomic E-state index is 13.7. The zero-order chi connectivity index (χ0) is 30.0. The van der Waals surface area contributed by atoms with Crippen molar-refractivity contribution in [2.24, 2.45) is 11.3 Å². The van der Waals surface area contributed by atoms with E-state index >= 15 is 0 Å². The summed E-state index contributed by atoms with van der Waals surface area (Å²) in [5, 5.41) is 8.86. The van der Waals surface area contributed by atoms with Crippen LogP contribution in [0.25, 0.3) is 11.1 Å². The van der Waals surface area contributed by atoms with Gasteiger partial charge in [0.15, 0.2) is 0 Å². The minimum absolute atomic E-state index is 0.0388. The molecule has 9 nitrogen and oxygen atoms in total. The third-order valence-corrected chi connectivity index (χ3v) is 9.16. The number of carbonyl (C=O) groups is 3. The molecule has 2 aliphatic heterocycles. The lowest BCUT2D eigenvalue weighted by molar-refractivity contribution is -0.137. The molecule has 3 aromatic rings. The van der Waals surface area contributed by atoms with Crippen LogP contribution in [0.15, 0.2) is 78.9 Å². The molecule has 3 aromatic carbocycles. The van der Waals surface area contributed by atoms with Crippen LogP contribution in [0.2, 0.25) is 0 Å². The van der Waals surface area contributed by atoms with Crippen LogP contribution in [0.5, 0.6) is 0 Å². The topological polar surface area (TPSA) is 109 Å². The average Bonchev–Trinajstić information content (AvgIpc) is 3.59. The van der Waals surface area contributed by atoms with Gasteiger partial charge in [0, 0.05) is 44.6 Å². The van der Waals surface area contributed by atoms with Crippen molar-refractivity contribution in [2.75, 3.05) is 39.8 Å². The highest BCUT2D eigenvalue weighted by atomic mass is 16.6. The Morgan fingerprint density at radius 2 is 1.58 bits per heavy atom. The summed E-state index contributed by atoms with van der Waals surface area (Å²) in [4.78, 5) is 41.6. The molecule has 0 saturated carbocycles. The van der Waals surface area contributed by atoms with E-state index in [2.05, 4.69) is 40.2 Å². The van der Waals surface area contributed by atoms with E-state index in [-0.39, 0.29) is 30.9 Å². The van der Waals surface area contributed by atoms with Gasteiger partial charge in [0.1, 0.15) is 12.6 Å². The van der Waals surface area contributed by atoms with Crippen LogP contribution in [0, 0.1) is 11.3 Å². The molecule has 9 heteroatoms. The van der Waals surface area contributed by atoms with Gasteiger partial charge in [-0.3, -0.25) is 9.59 Å². The van der Waals surface area contributed by atoms with E-state index in [9.17, 15) is 14.4 Å². The molecule has 0 aromatic heterocycles. The number of likely N-dealkylation sites (tertiary alicyclic amines) is 1. The normalized spacial score (nSPS) is 19.6. The highest BCUT2D eigenvalue weighted by molar-refractivity contribution is 5.90. The lowest BCUT2D eigenvalue weighted by Gasteiger charge is -2.43. The number of likely N-dealkylation sites (N-methyl/N-ethyl adjacent to an activating group) is 1. The molecule has 224 valence electrons. The largest absolute Gasteiger partial charge is 0.448 e. The van der Waals surface area contributed by atoms with Crippen molar-refractivity contribution in [3.63, 3.8) is 0 Å². The van der Waals surface area contributed by atoms with Crippen molar-refractivity contribution in [1.82, 2.24) is 20.9 Å². The first-order valence-corrected chi connectivity index (χ1v) is 14.9. The molecule has 0 bridgehead atoms. The first-order valence-electron chi connectivity index (χ1n) is 14.9. The van der Waals surface area contributed by atoms with Crippen molar-refractivity contribution in [2.45, 2.75) is 31.6 Å². The summed E-state index contributed by atoms with van der Waals surface area (Å²) in [5.41, 5.74) is 5.22. The zero-order valence-corrected chi connectivity index (χ0v) is 24.5. The second kappa shape index (κ2) is 12.2. The number of benzene rings is 3. The molecule has 0 radical (unpaired) electrons. The summed E-state index contributed by atoms with van der Waals surface area (Å²) in [6.45, 7) is 4.19. The number of fused-ring (bicyclic) bond motifs is 3. The Labute approximate surface area is 251 Å². The van der Waals surface area contributed by atoms with Crippen LogP contribution in [-0.4, -0.2) is 74.8 Å². The van der Waals surface area contributed by atoms with Crippen LogP contribution >= 0.6 is 0 Å². The Morgan fingerprint density at radius 1 is 0.953 bits per heavy atom. The fraction of sp³-hybridized carbons (Fsp3) is 0.382. The van der Waals surface area contributed by atoms with Crippen LogP contribution in [0.3, 0.4) is 0 Å². The van der Waals surface area contributed by atoms with E-state index < -0.39 is 29.6 Å². The van der Waals surface area contributed by atoms with E-state index in [0.717, 1.165) is 16.7 Å². The van der Waals surface area contributed by atoms with Crippen LogP contribution < -0.4 is 16.0 Å². The summed E-state index contributed by atoms with van der Waals surface area (Å²) in [6, 6.07) is 25.3. The second-order valence-electron chi connectivity index (χ2n) is 11.8. The van der Waals surface area contributed by atoms with Gasteiger partial charge in [0.25, 0.3) is 0 Å². The third-order valence-electron chi connectivity index (χ3n) is 9.16. The Kier molecular flexibility index (Phi) is 8.19. The number of nitrogens with one attached hydrogen (secondary N) is 3. The fourth-order valence-electron chi connectivity index (χ4n) is 6.66. The number of nitrogens with zero attached hydrogens (tertiary/aromatic N) is 1. The minimum atomic E-state index is -0.880. The van der Waals surface area contributed by atoms with Gasteiger partial charge in [-0.05, 0) is 34.7 Å². The van der Waals surface area contributed by atoms with Gasteiger partial charge in [-0.15, -0.1) is 0 Å². The summed E-state index contributed by atoms with van der Waals surface area (Å²) in [6.07, 6.45) is -0.995. The highest BCUT2D eigenvalue weighted by Crippen LogP contribution is 2.45. The van der Waals surface area contributed by atoms with E-state index in [1.807, 2.05) is 54.6 Å². The second-order valence-corrected chi connectivity index (χ2v) is 11.8. The fourth-order valence-corrected chi connectivity index (χ4v) is 6.66. The Bertz CT molecular complexity index is 1450. The number of hydrogen-bond acceptors (Lipinski definition) is 6. The molecule has 6 rings (SSSR count). The Hall–Kier alpha value is -4.21. The number of hydrogen-bond donors (Lipinski definition) is 3. The molecule has 3 aliphatic rings. The first-order chi connectivity index (χ1) is 20.9. The molecule has 2 saturated heterocycles. The molecular formula is C34H38N4O5. The van der Waals surface area contributed by atoms with Crippen molar-refractivity contribution in [3.8, 4) is 11.1 Å². The first kappa shape index (κ1) is 28.9. The average molecular weight is 583 g/mol. The molecule has 3 amide bonds. The molecule has 3 atom stereocenters. The standard InChI is InChI=1S/C34H38N4O5/c1-22(42-17-23-10-4-3-5-11-23)30(32(40)35-2)37-31(39)29-16-38(21-34(29)19-36-20-34)33(41)43-18-28-26-14-8-6-12-24(26)25-13-7-9-15-27(25)28/h3-15,22,28-30,36H,16-21H2,1-2H3,(H,35,40)(H,37,39)/t22-,29-,30+/m1/s1. The van der Waals surface area contributed by atoms with E-state index in [1.165, 1.54) is 18.2 Å². The summed E-state index contributed by atoms with van der Waals surface area (Å²) < 4.78 is 11.9. The lowest BCUT2D eigenvalue weighted by atomic mass is 9.72. The highest BCUT2D eigenvalue weighted by Gasteiger charge is 2.55. The molecule has 1 aliphatic carbocycles. The summed E-state index contributed by atoms with van der Waals surface area (Å²) >= 11 is 0. The van der Waals surface area contributed by atoms with Crippen molar-refractivity contribution < 1.29 is 23.9 Å². The molecule has 2 fully saturated rings. The Morgan fingerprint density at radius 3 is 2.19 bits per heavy atom. The van der Waals surface area contributed by atoms with Gasteiger partial charge >= 0.3 is 6.09 Å². The van der Waals surface area contributed by atoms with Crippen molar-refractivity contribution in [3.05, 3.63) is 95.6 Å². The lowest BCUT2D eigenvalue weighted by Crippen LogP contribution is -2.62. The zero-order valence-electron chi connectivity index (χ0n) is 24.5. The smallest absolute Gasteiger partial charge is 0.409 e. The summed E-state index contributed by atoms with van der Waals surface area (Å²) in [7, 11) is 1.54. The van der Waals surface area contributed by atoms with Gasteiger partial charge in [0.2, 0.25) is 11.8 Å². The molecule has 3 N–H and O–H groups in total. The van der Waals surface area contributed by atoms with Gasteiger partial charge in [0.05, 0.1) is 18.6 Å². The van der Waals surface area contributed by atoms with E-state index in [4.69, 9.17) is 9.47 Å². The number of rotatable bonds is 9. The van der Waals surface area contributed by atoms with Crippen LogP contribution in [-0.2, 0) is 25.7 Å². The quantitative estimate of drug-likeness (QED) is 0.357. The molecule has 43 heavy (non-hydrogen) atoms. The third kappa shape index (κ3) is 5.62. The summed E-state index contributed by atoms with van der Waals surface area (Å²) in [5.74, 6) is -1.12. The molecule has 2 heterocycles. The van der Waals surface area contributed by atoms with E-state index in [0.29, 0.717) is 26.2 Å². The SMILES string of the molecule is CNC(=O)[C@@H](NC(=O)[C@H]1CN(C(=O)OCC2c3ccccc3-c3ccccc32)CC12CNC2)[C@@H](C)OCc1ccccc1. The Balaban J connectivity index is 1.11. The van der Waals surface area contributed by atoms with Gasteiger partial charge in [-0.2, -0.15) is 0 Å². The number of carbonyl (C=O) groups excluding carboxylic acids is 3. The monoisotopic (exact) mass is 582 g/mol. The number of amides is 3. The van der Waals surface area contributed by atoms with Gasteiger partial charge in [-0.25, -0.2) is 4.79 Å². The minimum Gasteiger partial charge on any atom is -0.448 e. The van der Waals surface area contributed by atoms with Crippen molar-refractivity contribution in [1.29, 1.82) is 0 Å². The molecular weight excluding hydrogens is 544 g/mol. The van der Waals surface area contributed by atoms with Gasteiger partial charge < -0.3 is 30.3 Å². The van der Waals surface area contributed by atoms with Gasteiger partial charge in [-0.1, -0.05) is 78.9 Å². The van der Waals surface area contributed by atoms with Crippen LogP contribution in [0.1, 0.15) is 29.5 Å². The number of ether oxygens (including phenoxy) is 2.